The van der Waals surface area contributed by atoms with Gasteiger partial charge in [-0.05, 0) is 50.6 Å². The fourth-order valence-corrected chi connectivity index (χ4v) is 2.29. The summed E-state index contributed by atoms with van der Waals surface area (Å²) in [5, 5.41) is 3.36. The second kappa shape index (κ2) is 4.97. The molecule has 0 aromatic heterocycles. The minimum Gasteiger partial charge on any atom is -0.345 e. The number of carbonyl (C=O) groups excluding carboxylic acids is 1. The molecule has 0 spiro atoms. The fraction of sp³-hybridized carbons (Fsp3) is 0.917. The first-order chi connectivity index (χ1) is 7.25. The van der Waals surface area contributed by atoms with E-state index in [0.717, 1.165) is 32.0 Å². The van der Waals surface area contributed by atoms with Crippen molar-refractivity contribution >= 4 is 5.91 Å². The molecule has 1 aliphatic carbocycles. The van der Waals surface area contributed by atoms with Crippen LogP contribution in [0.1, 0.15) is 32.1 Å². The molecule has 0 aromatic rings. The summed E-state index contributed by atoms with van der Waals surface area (Å²) in [6.45, 7) is 3.14. The molecule has 0 bridgehead atoms. The number of nitrogens with zero attached hydrogens (tertiary/aromatic N) is 1. The van der Waals surface area contributed by atoms with Crippen LogP contribution < -0.4 is 5.32 Å². The van der Waals surface area contributed by atoms with E-state index in [2.05, 4.69) is 5.32 Å². The number of amides is 1. The van der Waals surface area contributed by atoms with Crippen LogP contribution in [0.25, 0.3) is 0 Å². The van der Waals surface area contributed by atoms with Crippen molar-refractivity contribution in [2.45, 2.75) is 32.1 Å². The number of carbonyl (C=O) groups is 1. The van der Waals surface area contributed by atoms with Gasteiger partial charge in [0.05, 0.1) is 0 Å². The molecule has 15 heavy (non-hydrogen) atoms. The maximum absolute atomic E-state index is 11.9. The average molecular weight is 210 g/mol. The van der Waals surface area contributed by atoms with Crippen LogP contribution in [0.2, 0.25) is 0 Å². The Labute approximate surface area is 92.2 Å². The van der Waals surface area contributed by atoms with Crippen LogP contribution in [0, 0.1) is 11.8 Å². The summed E-state index contributed by atoms with van der Waals surface area (Å²) in [6, 6.07) is 0. The van der Waals surface area contributed by atoms with Crippen LogP contribution in [0.5, 0.6) is 0 Å². The van der Waals surface area contributed by atoms with Gasteiger partial charge in [0.25, 0.3) is 0 Å². The Morgan fingerprint density at radius 3 is 2.73 bits per heavy atom. The molecule has 3 nitrogen and oxygen atoms in total. The van der Waals surface area contributed by atoms with Gasteiger partial charge in [0.15, 0.2) is 0 Å². The maximum atomic E-state index is 11.9. The highest BCUT2D eigenvalue weighted by Crippen LogP contribution is 2.29. The van der Waals surface area contributed by atoms with Crippen molar-refractivity contribution in [2.75, 3.05) is 26.7 Å². The summed E-state index contributed by atoms with van der Waals surface area (Å²) in [4.78, 5) is 13.8. The van der Waals surface area contributed by atoms with E-state index in [-0.39, 0.29) is 0 Å². The molecule has 0 radical (unpaired) electrons. The Morgan fingerprint density at radius 2 is 2.13 bits per heavy atom. The minimum absolute atomic E-state index is 0.343. The predicted molar refractivity (Wildman–Crippen MR) is 60.6 cm³/mol. The lowest BCUT2D eigenvalue weighted by molar-refractivity contribution is -0.131. The summed E-state index contributed by atoms with van der Waals surface area (Å²) in [5.41, 5.74) is 0. The highest BCUT2D eigenvalue weighted by atomic mass is 16.2. The van der Waals surface area contributed by atoms with Crippen molar-refractivity contribution in [1.29, 1.82) is 0 Å². The normalized spacial score (nSPS) is 26.3. The third kappa shape index (κ3) is 3.49. The van der Waals surface area contributed by atoms with Gasteiger partial charge in [0.2, 0.25) is 5.91 Å². The summed E-state index contributed by atoms with van der Waals surface area (Å²) in [7, 11) is 1.96. The molecule has 1 amide bonds. The minimum atomic E-state index is 0.343. The van der Waals surface area contributed by atoms with E-state index >= 15 is 0 Å². The molecule has 3 heteroatoms. The molecule has 1 saturated heterocycles. The zero-order valence-electron chi connectivity index (χ0n) is 9.67. The van der Waals surface area contributed by atoms with E-state index in [9.17, 15) is 4.79 Å². The molecule has 1 unspecified atom stereocenters. The third-order valence-electron chi connectivity index (χ3n) is 3.52. The van der Waals surface area contributed by atoms with Crippen LogP contribution in [0.4, 0.5) is 0 Å². The van der Waals surface area contributed by atoms with Crippen LogP contribution in [-0.4, -0.2) is 37.5 Å². The monoisotopic (exact) mass is 210 g/mol. The molecular formula is C12H22N2O. The average Bonchev–Trinajstić information content (AvgIpc) is 3.03. The zero-order valence-corrected chi connectivity index (χ0v) is 9.67. The van der Waals surface area contributed by atoms with E-state index in [1.165, 1.54) is 25.7 Å². The van der Waals surface area contributed by atoms with E-state index in [4.69, 9.17) is 0 Å². The molecule has 1 N–H and O–H groups in total. The van der Waals surface area contributed by atoms with Gasteiger partial charge in [0, 0.05) is 20.0 Å². The van der Waals surface area contributed by atoms with E-state index in [0.29, 0.717) is 11.8 Å². The Hall–Kier alpha value is -0.570. The molecule has 2 aliphatic rings. The van der Waals surface area contributed by atoms with Gasteiger partial charge in [0.1, 0.15) is 0 Å². The Bertz CT molecular complexity index is 220. The molecular weight excluding hydrogens is 188 g/mol. The number of piperidine rings is 1. The first kappa shape index (κ1) is 10.9. The number of rotatable bonds is 4. The number of nitrogens with one attached hydrogen (secondary N) is 1. The summed E-state index contributed by atoms with van der Waals surface area (Å²) in [6.07, 6.45) is 5.84. The number of hydrogen-bond donors (Lipinski definition) is 1. The highest BCUT2D eigenvalue weighted by Gasteiger charge is 2.26. The Morgan fingerprint density at radius 1 is 1.33 bits per heavy atom. The van der Waals surface area contributed by atoms with E-state index in [1.54, 1.807) is 0 Å². The number of hydrogen-bond acceptors (Lipinski definition) is 2. The lowest BCUT2D eigenvalue weighted by atomic mass is 9.95. The van der Waals surface area contributed by atoms with Gasteiger partial charge < -0.3 is 10.2 Å². The smallest absolute Gasteiger partial charge is 0.222 e. The Balaban J connectivity index is 1.69. The fourth-order valence-electron chi connectivity index (χ4n) is 2.29. The standard InChI is InChI=1S/C12H22N2O/c1-14(9-10-4-5-10)12(15)7-11-3-2-6-13-8-11/h10-11,13H,2-9H2,1H3. The molecule has 86 valence electrons. The van der Waals surface area contributed by atoms with Crippen molar-refractivity contribution in [3.8, 4) is 0 Å². The first-order valence-electron chi connectivity index (χ1n) is 6.20. The summed E-state index contributed by atoms with van der Waals surface area (Å²) in [5.74, 6) is 1.73. The zero-order chi connectivity index (χ0) is 10.7. The van der Waals surface area contributed by atoms with Gasteiger partial charge in [-0.15, -0.1) is 0 Å². The molecule has 1 saturated carbocycles. The molecule has 1 heterocycles. The predicted octanol–water partition coefficient (Wildman–Crippen LogP) is 1.24. The van der Waals surface area contributed by atoms with Crippen molar-refractivity contribution in [2.24, 2.45) is 11.8 Å². The van der Waals surface area contributed by atoms with Crippen molar-refractivity contribution in [1.82, 2.24) is 10.2 Å². The SMILES string of the molecule is CN(CC1CC1)C(=O)CC1CCCNC1. The van der Waals surface area contributed by atoms with Gasteiger partial charge in [-0.2, -0.15) is 0 Å². The largest absolute Gasteiger partial charge is 0.345 e. The van der Waals surface area contributed by atoms with Crippen molar-refractivity contribution < 1.29 is 4.79 Å². The second-order valence-corrected chi connectivity index (χ2v) is 5.13. The highest BCUT2D eigenvalue weighted by molar-refractivity contribution is 5.76. The quantitative estimate of drug-likeness (QED) is 0.757. The van der Waals surface area contributed by atoms with Gasteiger partial charge in [-0.1, -0.05) is 0 Å². The molecule has 1 aliphatic heterocycles. The maximum Gasteiger partial charge on any atom is 0.222 e. The van der Waals surface area contributed by atoms with Crippen LogP contribution in [0.3, 0.4) is 0 Å². The van der Waals surface area contributed by atoms with Gasteiger partial charge >= 0.3 is 0 Å². The van der Waals surface area contributed by atoms with Crippen molar-refractivity contribution in [3.63, 3.8) is 0 Å². The van der Waals surface area contributed by atoms with Gasteiger partial charge in [-0.3, -0.25) is 4.79 Å². The molecule has 0 aromatic carbocycles. The van der Waals surface area contributed by atoms with E-state index < -0.39 is 0 Å². The first-order valence-corrected chi connectivity index (χ1v) is 6.20. The molecule has 2 rings (SSSR count). The summed E-state index contributed by atoms with van der Waals surface area (Å²) >= 11 is 0. The topological polar surface area (TPSA) is 32.3 Å². The lowest BCUT2D eigenvalue weighted by Gasteiger charge is -2.25. The molecule has 2 fully saturated rings. The molecule has 1 atom stereocenters. The van der Waals surface area contributed by atoms with Crippen LogP contribution >= 0.6 is 0 Å². The Kier molecular flexibility index (Phi) is 3.62. The van der Waals surface area contributed by atoms with E-state index in [1.807, 2.05) is 11.9 Å². The third-order valence-corrected chi connectivity index (χ3v) is 3.52. The van der Waals surface area contributed by atoms with Crippen LogP contribution in [-0.2, 0) is 4.79 Å². The van der Waals surface area contributed by atoms with Gasteiger partial charge in [-0.25, -0.2) is 0 Å². The van der Waals surface area contributed by atoms with Crippen LogP contribution in [0.15, 0.2) is 0 Å². The van der Waals surface area contributed by atoms with Crippen molar-refractivity contribution in [3.05, 3.63) is 0 Å². The second-order valence-electron chi connectivity index (χ2n) is 5.13. The lowest BCUT2D eigenvalue weighted by Crippen LogP contribution is -2.35. The summed E-state index contributed by atoms with van der Waals surface area (Å²) < 4.78 is 0.